The van der Waals surface area contributed by atoms with Gasteiger partial charge in [-0.15, -0.1) is 11.3 Å². The Kier molecular flexibility index (Phi) is 4.67. The molecule has 0 spiro atoms. The molecular formula is C13H16F3N3OS. The van der Waals surface area contributed by atoms with Crippen LogP contribution in [0.15, 0.2) is 9.90 Å². The third-order valence-corrected chi connectivity index (χ3v) is 4.04. The third kappa shape index (κ3) is 3.62. The molecule has 0 aromatic carbocycles. The molecule has 0 fully saturated rings. The van der Waals surface area contributed by atoms with Crippen molar-refractivity contribution in [3.8, 4) is 0 Å². The lowest BCUT2D eigenvalue weighted by Crippen LogP contribution is -2.21. The number of thiazole rings is 1. The van der Waals surface area contributed by atoms with Crippen LogP contribution < -0.4 is 5.32 Å². The number of aryl methyl sites for hydroxylation is 2. The first kappa shape index (κ1) is 16.0. The molecule has 21 heavy (non-hydrogen) atoms. The van der Waals surface area contributed by atoms with Crippen molar-refractivity contribution >= 4 is 11.3 Å². The average Bonchev–Trinajstić information content (AvgIpc) is 3.00. The molecule has 4 nitrogen and oxygen atoms in total. The van der Waals surface area contributed by atoms with Gasteiger partial charge in [0.15, 0.2) is 5.69 Å². The van der Waals surface area contributed by atoms with E-state index in [2.05, 4.69) is 15.5 Å². The van der Waals surface area contributed by atoms with Gasteiger partial charge in [0.25, 0.3) is 0 Å². The normalized spacial score (nSPS) is 13.6. The average molecular weight is 319 g/mol. The van der Waals surface area contributed by atoms with Crippen LogP contribution in [0.1, 0.15) is 47.1 Å². The molecule has 2 aromatic heterocycles. The highest BCUT2D eigenvalue weighted by atomic mass is 32.1. The number of hydrogen-bond acceptors (Lipinski definition) is 5. The zero-order valence-corrected chi connectivity index (χ0v) is 12.7. The van der Waals surface area contributed by atoms with Crippen molar-refractivity contribution in [2.24, 2.45) is 0 Å². The van der Waals surface area contributed by atoms with Crippen LogP contribution in [0.5, 0.6) is 0 Å². The summed E-state index contributed by atoms with van der Waals surface area (Å²) in [5.41, 5.74) is 0.918. The summed E-state index contributed by atoms with van der Waals surface area (Å²) in [6, 6.07) is -0.0190. The van der Waals surface area contributed by atoms with Crippen LogP contribution in [0.25, 0.3) is 0 Å². The van der Waals surface area contributed by atoms with Crippen LogP contribution >= 0.6 is 11.3 Å². The fourth-order valence-electron chi connectivity index (χ4n) is 2.17. The number of hydrogen-bond donors (Lipinski definition) is 1. The maximum Gasteiger partial charge on any atom is 0.434 e. The quantitative estimate of drug-likeness (QED) is 0.905. The fraction of sp³-hybridized carbons (Fsp3) is 0.538. The van der Waals surface area contributed by atoms with Gasteiger partial charge in [0.05, 0.1) is 5.69 Å². The number of nitrogens with one attached hydrogen (secondary N) is 1. The Morgan fingerprint density at radius 2 is 2.10 bits per heavy atom. The monoisotopic (exact) mass is 319 g/mol. The highest BCUT2D eigenvalue weighted by molar-refractivity contribution is 7.09. The lowest BCUT2D eigenvalue weighted by molar-refractivity contribution is -0.140. The van der Waals surface area contributed by atoms with Gasteiger partial charge in [0, 0.05) is 23.5 Å². The zero-order chi connectivity index (χ0) is 15.6. The van der Waals surface area contributed by atoms with Gasteiger partial charge in [-0.3, -0.25) is 0 Å². The van der Waals surface area contributed by atoms with Gasteiger partial charge in [-0.2, -0.15) is 13.2 Å². The van der Waals surface area contributed by atoms with Crippen molar-refractivity contribution in [2.45, 2.75) is 46.0 Å². The predicted octanol–water partition coefficient (Wildman–Crippen LogP) is 4.01. The van der Waals surface area contributed by atoms with E-state index < -0.39 is 11.9 Å². The molecule has 2 aromatic rings. The molecule has 8 heteroatoms. The van der Waals surface area contributed by atoms with E-state index in [-0.39, 0.29) is 12.6 Å². The number of halogens is 3. The predicted molar refractivity (Wildman–Crippen MR) is 73.0 cm³/mol. The van der Waals surface area contributed by atoms with Crippen molar-refractivity contribution in [3.05, 3.63) is 33.1 Å². The van der Waals surface area contributed by atoms with Crippen molar-refractivity contribution in [1.29, 1.82) is 0 Å². The summed E-state index contributed by atoms with van der Waals surface area (Å²) in [6.45, 7) is 5.95. The van der Waals surface area contributed by atoms with E-state index in [0.29, 0.717) is 5.01 Å². The molecule has 1 N–H and O–H groups in total. The minimum absolute atomic E-state index is 0.0190. The SMILES string of the molecule is CCC(NCc1nc(C(F)(F)F)cs1)c1c(C)noc1C. The first-order valence-electron chi connectivity index (χ1n) is 6.50. The van der Waals surface area contributed by atoms with E-state index in [0.717, 1.165) is 40.2 Å². The summed E-state index contributed by atoms with van der Waals surface area (Å²) in [4.78, 5) is 3.61. The first-order valence-corrected chi connectivity index (χ1v) is 7.38. The molecule has 0 saturated heterocycles. The highest BCUT2D eigenvalue weighted by Gasteiger charge is 2.33. The highest BCUT2D eigenvalue weighted by Crippen LogP contribution is 2.30. The molecule has 0 aliphatic heterocycles. The molecule has 2 rings (SSSR count). The summed E-state index contributed by atoms with van der Waals surface area (Å²) >= 11 is 1.00. The number of alkyl halides is 3. The molecule has 0 amide bonds. The van der Waals surface area contributed by atoms with E-state index in [9.17, 15) is 13.2 Å². The van der Waals surface area contributed by atoms with Gasteiger partial charge in [-0.25, -0.2) is 4.98 Å². The lowest BCUT2D eigenvalue weighted by atomic mass is 10.0. The first-order chi connectivity index (χ1) is 9.82. The Labute approximate surface area is 124 Å². The van der Waals surface area contributed by atoms with Gasteiger partial charge in [0.2, 0.25) is 0 Å². The van der Waals surface area contributed by atoms with Crippen molar-refractivity contribution in [1.82, 2.24) is 15.5 Å². The zero-order valence-electron chi connectivity index (χ0n) is 11.9. The molecule has 0 bridgehead atoms. The minimum Gasteiger partial charge on any atom is -0.361 e. The summed E-state index contributed by atoms with van der Waals surface area (Å²) in [7, 11) is 0. The van der Waals surface area contributed by atoms with Gasteiger partial charge in [-0.1, -0.05) is 12.1 Å². The Hall–Kier alpha value is -1.41. The maximum atomic E-state index is 12.5. The van der Waals surface area contributed by atoms with E-state index in [4.69, 9.17) is 4.52 Å². The second-order valence-corrected chi connectivity index (χ2v) is 5.65. The fourth-order valence-corrected chi connectivity index (χ4v) is 2.92. The molecule has 116 valence electrons. The summed E-state index contributed by atoms with van der Waals surface area (Å²) in [6.07, 6.45) is -3.61. The molecule has 1 unspecified atom stereocenters. The lowest BCUT2D eigenvalue weighted by Gasteiger charge is -2.15. The Morgan fingerprint density at radius 1 is 1.38 bits per heavy atom. The van der Waals surface area contributed by atoms with Crippen LogP contribution in [-0.2, 0) is 12.7 Å². The molecule has 0 aliphatic carbocycles. The van der Waals surface area contributed by atoms with Crippen molar-refractivity contribution < 1.29 is 17.7 Å². The van der Waals surface area contributed by atoms with Gasteiger partial charge < -0.3 is 9.84 Å². The molecule has 0 aliphatic rings. The van der Waals surface area contributed by atoms with Crippen LogP contribution in [0.2, 0.25) is 0 Å². The Bertz CT molecular complexity index is 587. The van der Waals surface area contributed by atoms with Crippen LogP contribution in [0.3, 0.4) is 0 Å². The summed E-state index contributed by atoms with van der Waals surface area (Å²) in [5.74, 6) is 0.724. The second kappa shape index (κ2) is 6.15. The van der Waals surface area contributed by atoms with E-state index in [1.165, 1.54) is 0 Å². The summed E-state index contributed by atoms with van der Waals surface area (Å²) < 4.78 is 42.6. The number of rotatable bonds is 5. The van der Waals surface area contributed by atoms with Crippen molar-refractivity contribution in [2.75, 3.05) is 0 Å². The minimum atomic E-state index is -4.39. The van der Waals surface area contributed by atoms with Crippen LogP contribution in [0.4, 0.5) is 13.2 Å². The molecule has 0 radical (unpaired) electrons. The topological polar surface area (TPSA) is 51.0 Å². The number of aromatic nitrogens is 2. The van der Waals surface area contributed by atoms with E-state index in [1.807, 2.05) is 20.8 Å². The molecule has 1 atom stereocenters. The number of nitrogens with zero attached hydrogens (tertiary/aromatic N) is 2. The molecule has 0 saturated carbocycles. The Morgan fingerprint density at radius 3 is 2.57 bits per heavy atom. The molecule has 2 heterocycles. The van der Waals surface area contributed by atoms with Gasteiger partial charge in [0.1, 0.15) is 10.8 Å². The van der Waals surface area contributed by atoms with Crippen molar-refractivity contribution in [3.63, 3.8) is 0 Å². The largest absolute Gasteiger partial charge is 0.434 e. The maximum absolute atomic E-state index is 12.5. The standard InChI is InChI=1S/C13H16F3N3OS/c1-4-9(12-7(2)19-20-8(12)3)17-5-11-18-10(6-21-11)13(14,15)16/h6,9,17H,4-5H2,1-3H3. The smallest absolute Gasteiger partial charge is 0.361 e. The van der Waals surface area contributed by atoms with Crippen LogP contribution in [0, 0.1) is 13.8 Å². The van der Waals surface area contributed by atoms with Gasteiger partial charge in [-0.05, 0) is 20.3 Å². The van der Waals surface area contributed by atoms with Crippen LogP contribution in [-0.4, -0.2) is 10.1 Å². The summed E-state index contributed by atoms with van der Waals surface area (Å²) in [5, 5.41) is 8.56. The Balaban J connectivity index is 2.06. The third-order valence-electron chi connectivity index (χ3n) is 3.19. The second-order valence-electron chi connectivity index (χ2n) is 4.70. The van der Waals surface area contributed by atoms with E-state index >= 15 is 0 Å². The van der Waals surface area contributed by atoms with Gasteiger partial charge >= 0.3 is 6.18 Å². The van der Waals surface area contributed by atoms with E-state index in [1.54, 1.807) is 0 Å². The molecular weight excluding hydrogens is 303 g/mol.